The zero-order valence-corrected chi connectivity index (χ0v) is 20.7. The zero-order valence-electron chi connectivity index (χ0n) is 19.2. The van der Waals surface area contributed by atoms with E-state index in [0.717, 1.165) is 33.4 Å². The molecule has 3 aromatic rings. The Bertz CT molecular complexity index is 1130. The number of aryl methyl sites for hydroxylation is 1. The fraction of sp³-hybridized carbons (Fsp3) is 0.400. The van der Waals surface area contributed by atoms with Crippen LogP contribution in [0.25, 0.3) is 5.69 Å². The van der Waals surface area contributed by atoms with Crippen molar-refractivity contribution >= 4 is 29.3 Å². The van der Waals surface area contributed by atoms with Crippen LogP contribution in [0.4, 0.5) is 0 Å². The molecule has 8 heteroatoms. The van der Waals surface area contributed by atoms with Gasteiger partial charge in [0.1, 0.15) is 0 Å². The van der Waals surface area contributed by atoms with E-state index >= 15 is 0 Å². The molecule has 1 aliphatic rings. The number of amides is 1. The molecule has 0 aliphatic carbocycles. The number of carbonyl (C=O) groups excluding carboxylic acids is 1. The van der Waals surface area contributed by atoms with Gasteiger partial charge < -0.3 is 10.1 Å². The highest BCUT2D eigenvalue weighted by Gasteiger charge is 2.33. The quantitative estimate of drug-likeness (QED) is 0.458. The molecule has 0 spiro atoms. The first-order valence-electron chi connectivity index (χ1n) is 11.1. The third-order valence-electron chi connectivity index (χ3n) is 5.86. The molecule has 0 saturated carbocycles. The highest BCUT2D eigenvalue weighted by molar-refractivity contribution is 7.98. The van der Waals surface area contributed by atoms with Crippen LogP contribution in [0, 0.1) is 12.8 Å². The molecule has 174 valence electrons. The molecule has 2 heterocycles. The van der Waals surface area contributed by atoms with Crippen LogP contribution in [0.3, 0.4) is 0 Å². The van der Waals surface area contributed by atoms with Crippen molar-refractivity contribution < 1.29 is 9.53 Å². The molecular formula is C25H29ClN4O2S. The van der Waals surface area contributed by atoms with Gasteiger partial charge in [0, 0.05) is 23.3 Å². The Hall–Kier alpha value is -2.35. The van der Waals surface area contributed by atoms with Gasteiger partial charge in [-0.3, -0.25) is 9.36 Å². The Morgan fingerprint density at radius 1 is 1.21 bits per heavy atom. The van der Waals surface area contributed by atoms with E-state index < -0.39 is 0 Å². The first-order chi connectivity index (χ1) is 15.8. The molecule has 0 bridgehead atoms. The van der Waals surface area contributed by atoms with Crippen molar-refractivity contribution in [1.29, 1.82) is 0 Å². The normalized spacial score (nSPS) is 17.6. The van der Waals surface area contributed by atoms with Gasteiger partial charge in [0.05, 0.1) is 17.8 Å². The van der Waals surface area contributed by atoms with E-state index in [4.69, 9.17) is 16.3 Å². The van der Waals surface area contributed by atoms with Crippen LogP contribution in [-0.2, 0) is 21.8 Å². The fourth-order valence-corrected chi connectivity index (χ4v) is 5.34. The number of hydrogen-bond acceptors (Lipinski definition) is 5. The Balaban J connectivity index is 1.54. The third kappa shape index (κ3) is 5.78. The molecule has 1 aromatic heterocycles. The summed E-state index contributed by atoms with van der Waals surface area (Å²) >= 11 is 7.92. The summed E-state index contributed by atoms with van der Waals surface area (Å²) in [5, 5.41) is 13.5. The number of aromatic nitrogens is 3. The maximum Gasteiger partial charge on any atom is 0.223 e. The molecule has 1 fully saturated rings. The summed E-state index contributed by atoms with van der Waals surface area (Å²) in [4.78, 5) is 12.9. The number of carbonyl (C=O) groups is 1. The van der Waals surface area contributed by atoms with Crippen LogP contribution >= 0.6 is 23.4 Å². The van der Waals surface area contributed by atoms with Gasteiger partial charge in [-0.2, -0.15) is 0 Å². The number of rotatable bonds is 7. The van der Waals surface area contributed by atoms with Crippen LogP contribution in [0.1, 0.15) is 43.6 Å². The van der Waals surface area contributed by atoms with Gasteiger partial charge in [-0.05, 0) is 56.9 Å². The average molecular weight is 485 g/mol. The van der Waals surface area contributed by atoms with Crippen molar-refractivity contribution in [2.75, 3.05) is 6.61 Å². The molecule has 1 atom stereocenters. The minimum Gasteiger partial charge on any atom is -0.376 e. The second kappa shape index (κ2) is 10.3. The van der Waals surface area contributed by atoms with Crippen LogP contribution in [0.2, 0.25) is 5.02 Å². The van der Waals surface area contributed by atoms with Crippen LogP contribution in [0.5, 0.6) is 0 Å². The first-order valence-corrected chi connectivity index (χ1v) is 12.5. The molecule has 1 aliphatic heterocycles. The molecule has 0 radical (unpaired) electrons. The molecule has 1 N–H and O–H groups in total. The Labute approximate surface area is 204 Å². The predicted octanol–water partition coefficient (Wildman–Crippen LogP) is 5.34. The minimum absolute atomic E-state index is 0.0379. The molecule has 1 saturated heterocycles. The number of hydrogen-bond donors (Lipinski definition) is 1. The number of nitrogens with zero attached hydrogens (tertiary/aromatic N) is 3. The van der Waals surface area contributed by atoms with Gasteiger partial charge in [0.25, 0.3) is 0 Å². The van der Waals surface area contributed by atoms with Crippen molar-refractivity contribution in [2.24, 2.45) is 5.92 Å². The Kier molecular flexibility index (Phi) is 7.41. The number of thioether (sulfide) groups is 1. The van der Waals surface area contributed by atoms with Crippen LogP contribution in [0.15, 0.2) is 53.7 Å². The summed E-state index contributed by atoms with van der Waals surface area (Å²) in [6.07, 6.45) is 1.45. The van der Waals surface area contributed by atoms with Crippen molar-refractivity contribution in [3.05, 3.63) is 70.5 Å². The summed E-state index contributed by atoms with van der Waals surface area (Å²) in [6, 6.07) is 15.9. The highest BCUT2D eigenvalue weighted by Crippen LogP contribution is 2.30. The summed E-state index contributed by atoms with van der Waals surface area (Å²) in [5.41, 5.74) is 2.88. The molecule has 6 nitrogen and oxygen atoms in total. The lowest BCUT2D eigenvalue weighted by Gasteiger charge is -2.34. The number of benzene rings is 2. The van der Waals surface area contributed by atoms with Crippen molar-refractivity contribution in [1.82, 2.24) is 20.1 Å². The molecule has 2 aromatic carbocycles. The maximum atomic E-state index is 12.9. The van der Waals surface area contributed by atoms with Gasteiger partial charge in [0.2, 0.25) is 5.91 Å². The largest absolute Gasteiger partial charge is 0.376 e. The van der Waals surface area contributed by atoms with Crippen molar-refractivity contribution in [3.63, 3.8) is 0 Å². The highest BCUT2D eigenvalue weighted by atomic mass is 35.5. The molecule has 1 amide bonds. The molecule has 33 heavy (non-hydrogen) atoms. The minimum atomic E-state index is -0.274. The van der Waals surface area contributed by atoms with E-state index in [1.54, 1.807) is 11.8 Å². The Morgan fingerprint density at radius 2 is 1.97 bits per heavy atom. The lowest BCUT2D eigenvalue weighted by molar-refractivity contribution is -0.135. The summed E-state index contributed by atoms with van der Waals surface area (Å²) < 4.78 is 7.79. The number of nitrogens with one attached hydrogen (secondary N) is 1. The number of para-hydroxylation sites is 1. The number of halogens is 1. The van der Waals surface area contributed by atoms with E-state index in [0.29, 0.717) is 31.1 Å². The van der Waals surface area contributed by atoms with Crippen molar-refractivity contribution in [2.45, 2.75) is 56.7 Å². The maximum absolute atomic E-state index is 12.9. The lowest BCUT2D eigenvalue weighted by Crippen LogP contribution is -2.41. The van der Waals surface area contributed by atoms with Gasteiger partial charge >= 0.3 is 0 Å². The predicted molar refractivity (Wildman–Crippen MR) is 132 cm³/mol. The van der Waals surface area contributed by atoms with Crippen LogP contribution < -0.4 is 5.32 Å². The lowest BCUT2D eigenvalue weighted by atomic mass is 9.88. The van der Waals surface area contributed by atoms with E-state index in [2.05, 4.69) is 28.5 Å². The Morgan fingerprint density at radius 3 is 2.73 bits per heavy atom. The monoisotopic (exact) mass is 484 g/mol. The second-order valence-electron chi connectivity index (χ2n) is 8.92. The number of ether oxygens (including phenoxy) is 1. The molecule has 0 unspecified atom stereocenters. The standard InChI is InChI=1S/C25H29ClN4O2S/c1-17-8-4-7-11-21(17)30-22(15-27-23(31)18-12-13-32-25(2,3)14-18)28-29-24(30)33-16-19-9-5-6-10-20(19)26/h4-11,18H,12-16H2,1-3H3,(H,27,31)/t18-/m0/s1. The zero-order chi connectivity index (χ0) is 23.4. The van der Waals surface area contributed by atoms with E-state index in [-0.39, 0.29) is 17.4 Å². The average Bonchev–Trinajstić information content (AvgIpc) is 3.19. The fourth-order valence-electron chi connectivity index (χ4n) is 4.09. The molecule has 4 rings (SSSR count). The van der Waals surface area contributed by atoms with Gasteiger partial charge in [-0.1, -0.05) is 59.8 Å². The van der Waals surface area contributed by atoms with Crippen molar-refractivity contribution in [3.8, 4) is 5.69 Å². The van der Waals surface area contributed by atoms with E-state index in [1.807, 2.05) is 60.9 Å². The van der Waals surface area contributed by atoms with Gasteiger partial charge in [0.15, 0.2) is 11.0 Å². The second-order valence-corrected chi connectivity index (χ2v) is 10.3. The smallest absolute Gasteiger partial charge is 0.223 e. The SMILES string of the molecule is Cc1ccccc1-n1c(CNC(=O)[C@H]2CCOC(C)(C)C2)nnc1SCc1ccccc1Cl. The first kappa shape index (κ1) is 23.8. The topological polar surface area (TPSA) is 69.0 Å². The van der Waals surface area contributed by atoms with Gasteiger partial charge in [-0.25, -0.2) is 0 Å². The summed E-state index contributed by atoms with van der Waals surface area (Å²) in [6.45, 7) is 7.04. The van der Waals surface area contributed by atoms with E-state index in [1.165, 1.54) is 0 Å². The van der Waals surface area contributed by atoms with Crippen LogP contribution in [-0.4, -0.2) is 32.9 Å². The summed E-state index contributed by atoms with van der Waals surface area (Å²) in [7, 11) is 0. The van der Waals surface area contributed by atoms with Gasteiger partial charge in [-0.15, -0.1) is 10.2 Å². The third-order valence-corrected chi connectivity index (χ3v) is 7.21. The molecular weight excluding hydrogens is 456 g/mol. The van der Waals surface area contributed by atoms with E-state index in [9.17, 15) is 4.79 Å². The summed E-state index contributed by atoms with van der Waals surface area (Å²) in [5.74, 6) is 1.35.